The molecule has 126 valence electrons. The van der Waals surface area contributed by atoms with E-state index in [1.54, 1.807) is 12.1 Å². The van der Waals surface area contributed by atoms with Crippen LogP contribution in [-0.4, -0.2) is 16.1 Å². The first-order valence-corrected chi connectivity index (χ1v) is 8.60. The van der Waals surface area contributed by atoms with Gasteiger partial charge in [0.25, 0.3) is 5.91 Å². The summed E-state index contributed by atoms with van der Waals surface area (Å²) in [6.45, 7) is 2.46. The lowest BCUT2D eigenvalue weighted by atomic mass is 10.2. The number of halogens is 1. The van der Waals surface area contributed by atoms with Crippen molar-refractivity contribution in [2.24, 2.45) is 0 Å². The number of carbonyl (C=O) groups excluding carboxylic acids is 1. The zero-order chi connectivity index (χ0) is 17.6. The second-order valence-electron chi connectivity index (χ2n) is 5.56. The molecule has 6 heteroatoms. The van der Waals surface area contributed by atoms with Crippen LogP contribution in [0.3, 0.4) is 0 Å². The van der Waals surface area contributed by atoms with Gasteiger partial charge in [0.15, 0.2) is 11.5 Å². The number of aryl methyl sites for hydroxylation is 1. The summed E-state index contributed by atoms with van der Waals surface area (Å²) in [5, 5.41) is 14.1. The summed E-state index contributed by atoms with van der Waals surface area (Å²) in [4.78, 5) is 12.1. The molecule has 0 aliphatic rings. The van der Waals surface area contributed by atoms with Crippen molar-refractivity contribution in [3.05, 3.63) is 82.0 Å². The second kappa shape index (κ2) is 7.90. The van der Waals surface area contributed by atoms with Gasteiger partial charge in [0, 0.05) is 16.7 Å². The highest BCUT2D eigenvalue weighted by Gasteiger charge is 2.08. The zero-order valence-electron chi connectivity index (χ0n) is 13.7. The number of carbonyl (C=O) groups is 1. The maximum absolute atomic E-state index is 12.1. The molecule has 0 saturated heterocycles. The topological polar surface area (TPSA) is 66.9 Å². The van der Waals surface area contributed by atoms with E-state index in [-0.39, 0.29) is 11.6 Å². The predicted octanol–water partition coefficient (Wildman–Crippen LogP) is 4.22. The van der Waals surface area contributed by atoms with E-state index in [0.717, 1.165) is 21.3 Å². The molecule has 0 saturated carbocycles. The average Bonchev–Trinajstić information content (AvgIpc) is 2.63. The fourth-order valence-corrected chi connectivity index (χ4v) is 2.77. The van der Waals surface area contributed by atoms with Crippen molar-refractivity contribution < 1.29 is 4.79 Å². The SMILES string of the molecule is Cc1cc(Br)ccc1Nc1ccc(C(=O)NCc2ccccc2)nn1. The Morgan fingerprint density at radius 3 is 2.52 bits per heavy atom. The van der Waals surface area contributed by atoms with Gasteiger partial charge >= 0.3 is 0 Å². The van der Waals surface area contributed by atoms with Gasteiger partial charge < -0.3 is 10.6 Å². The van der Waals surface area contributed by atoms with Gasteiger partial charge in [-0.1, -0.05) is 46.3 Å². The molecule has 0 atom stereocenters. The quantitative estimate of drug-likeness (QED) is 0.677. The van der Waals surface area contributed by atoms with Crippen LogP contribution in [0.5, 0.6) is 0 Å². The summed E-state index contributed by atoms with van der Waals surface area (Å²) in [6, 6.07) is 19.1. The zero-order valence-corrected chi connectivity index (χ0v) is 15.2. The number of nitrogens with zero attached hydrogens (tertiary/aromatic N) is 2. The van der Waals surface area contributed by atoms with Crippen molar-refractivity contribution in [1.29, 1.82) is 0 Å². The van der Waals surface area contributed by atoms with Gasteiger partial charge in [-0.3, -0.25) is 4.79 Å². The van der Waals surface area contributed by atoms with Gasteiger partial charge in [0.05, 0.1) is 0 Å². The Bertz CT molecular complexity index is 866. The summed E-state index contributed by atoms with van der Waals surface area (Å²) >= 11 is 3.44. The van der Waals surface area contributed by atoms with Crippen molar-refractivity contribution in [3.63, 3.8) is 0 Å². The molecule has 2 N–H and O–H groups in total. The number of hydrogen-bond donors (Lipinski definition) is 2. The Labute approximate surface area is 154 Å². The number of hydrogen-bond acceptors (Lipinski definition) is 4. The number of rotatable bonds is 5. The van der Waals surface area contributed by atoms with Crippen molar-refractivity contribution in [3.8, 4) is 0 Å². The molecule has 0 unspecified atom stereocenters. The van der Waals surface area contributed by atoms with Gasteiger partial charge in [0.2, 0.25) is 0 Å². The fraction of sp³-hybridized carbons (Fsp3) is 0.105. The van der Waals surface area contributed by atoms with Crippen LogP contribution in [0.2, 0.25) is 0 Å². The maximum Gasteiger partial charge on any atom is 0.272 e. The van der Waals surface area contributed by atoms with Crippen molar-refractivity contribution in [1.82, 2.24) is 15.5 Å². The number of nitrogens with one attached hydrogen (secondary N) is 2. The number of anilines is 2. The van der Waals surface area contributed by atoms with Gasteiger partial charge in [-0.25, -0.2) is 0 Å². The first-order valence-electron chi connectivity index (χ1n) is 7.81. The summed E-state index contributed by atoms with van der Waals surface area (Å²) in [7, 11) is 0. The van der Waals surface area contributed by atoms with Gasteiger partial charge in [0.1, 0.15) is 0 Å². The number of amides is 1. The van der Waals surface area contributed by atoms with Crippen LogP contribution in [0.25, 0.3) is 0 Å². The second-order valence-corrected chi connectivity index (χ2v) is 6.47. The van der Waals surface area contributed by atoms with Crippen LogP contribution in [0.4, 0.5) is 11.5 Å². The third-order valence-corrected chi connectivity index (χ3v) is 4.14. The van der Waals surface area contributed by atoms with E-state index in [4.69, 9.17) is 0 Å². The molecular formula is C19H17BrN4O. The minimum Gasteiger partial charge on any atom is -0.347 e. The minimum atomic E-state index is -0.247. The molecule has 0 aliphatic carbocycles. The lowest BCUT2D eigenvalue weighted by molar-refractivity contribution is 0.0945. The van der Waals surface area contributed by atoms with Crippen LogP contribution >= 0.6 is 15.9 Å². The van der Waals surface area contributed by atoms with Crippen LogP contribution in [0.1, 0.15) is 21.6 Å². The molecule has 0 radical (unpaired) electrons. The van der Waals surface area contributed by atoms with Crippen LogP contribution in [0, 0.1) is 6.92 Å². The van der Waals surface area contributed by atoms with Crippen molar-refractivity contribution in [2.75, 3.05) is 5.32 Å². The van der Waals surface area contributed by atoms with Crippen LogP contribution in [0.15, 0.2) is 65.1 Å². The lowest BCUT2D eigenvalue weighted by Gasteiger charge is -2.09. The monoisotopic (exact) mass is 396 g/mol. The molecule has 2 aromatic carbocycles. The van der Waals surface area contributed by atoms with Crippen LogP contribution < -0.4 is 10.6 Å². The Morgan fingerprint density at radius 1 is 1.04 bits per heavy atom. The van der Waals surface area contributed by atoms with E-state index in [2.05, 4.69) is 36.8 Å². The average molecular weight is 397 g/mol. The van der Waals surface area contributed by atoms with E-state index in [9.17, 15) is 4.79 Å². The predicted molar refractivity (Wildman–Crippen MR) is 102 cm³/mol. The smallest absolute Gasteiger partial charge is 0.272 e. The molecular weight excluding hydrogens is 380 g/mol. The molecule has 3 aromatic rings. The molecule has 0 bridgehead atoms. The Hall–Kier alpha value is -2.73. The third-order valence-electron chi connectivity index (χ3n) is 3.64. The lowest BCUT2D eigenvalue weighted by Crippen LogP contribution is -2.24. The van der Waals surface area contributed by atoms with Gasteiger partial charge in [-0.2, -0.15) is 0 Å². The maximum atomic E-state index is 12.1. The summed E-state index contributed by atoms with van der Waals surface area (Å²) in [6.07, 6.45) is 0. The standard InChI is InChI=1S/C19H17BrN4O/c1-13-11-15(20)7-8-16(13)22-18-10-9-17(23-24-18)19(25)21-12-14-5-3-2-4-6-14/h2-11H,12H2,1H3,(H,21,25)(H,22,24). The van der Waals surface area contributed by atoms with Crippen LogP contribution in [-0.2, 0) is 6.54 Å². The number of aromatic nitrogens is 2. The molecule has 25 heavy (non-hydrogen) atoms. The molecule has 3 rings (SSSR count). The summed E-state index contributed by atoms with van der Waals surface area (Å²) in [5.74, 6) is 0.341. The fourth-order valence-electron chi connectivity index (χ4n) is 2.29. The summed E-state index contributed by atoms with van der Waals surface area (Å²) < 4.78 is 1.02. The Morgan fingerprint density at radius 2 is 1.84 bits per heavy atom. The molecule has 0 fully saturated rings. The molecule has 0 aliphatic heterocycles. The van der Waals surface area contributed by atoms with E-state index in [1.807, 2.05) is 55.5 Å². The Kier molecular flexibility index (Phi) is 5.40. The van der Waals surface area contributed by atoms with Crippen molar-refractivity contribution >= 4 is 33.3 Å². The largest absolute Gasteiger partial charge is 0.347 e. The third kappa shape index (κ3) is 4.64. The van der Waals surface area contributed by atoms with E-state index in [0.29, 0.717) is 12.4 Å². The summed E-state index contributed by atoms with van der Waals surface area (Å²) in [5.41, 5.74) is 3.35. The first-order chi connectivity index (χ1) is 12.1. The van der Waals surface area contributed by atoms with E-state index in [1.165, 1.54) is 0 Å². The van der Waals surface area contributed by atoms with Gasteiger partial charge in [-0.15, -0.1) is 10.2 Å². The normalized spacial score (nSPS) is 10.3. The molecule has 1 aromatic heterocycles. The Balaban J connectivity index is 1.62. The highest BCUT2D eigenvalue weighted by atomic mass is 79.9. The van der Waals surface area contributed by atoms with E-state index >= 15 is 0 Å². The molecule has 5 nitrogen and oxygen atoms in total. The highest BCUT2D eigenvalue weighted by molar-refractivity contribution is 9.10. The molecule has 1 amide bonds. The van der Waals surface area contributed by atoms with E-state index < -0.39 is 0 Å². The number of benzene rings is 2. The molecule has 1 heterocycles. The minimum absolute atomic E-state index is 0.247. The highest BCUT2D eigenvalue weighted by Crippen LogP contribution is 2.22. The van der Waals surface area contributed by atoms with Crippen molar-refractivity contribution in [2.45, 2.75) is 13.5 Å². The van der Waals surface area contributed by atoms with Gasteiger partial charge in [-0.05, 0) is 48.4 Å². The first kappa shape index (κ1) is 17.1. The molecule has 0 spiro atoms.